The zero-order valence-electron chi connectivity index (χ0n) is 13.0. The molecular weight excluding hydrogens is 334 g/mol. The van der Waals surface area contributed by atoms with Crippen LogP contribution < -0.4 is 5.32 Å². The number of nitrogens with zero attached hydrogens (tertiary/aromatic N) is 2. The summed E-state index contributed by atoms with van der Waals surface area (Å²) in [6.07, 6.45) is 0.804. The normalized spacial score (nSPS) is 22.6. The Morgan fingerprint density at radius 1 is 1.36 bits per heavy atom. The summed E-state index contributed by atoms with van der Waals surface area (Å²) in [6, 6.07) is 4.18. The van der Waals surface area contributed by atoms with Crippen LogP contribution in [0.25, 0.3) is 0 Å². The first-order valence-electron chi connectivity index (χ1n) is 7.60. The molecule has 3 heterocycles. The largest absolute Gasteiger partial charge is 0.450 e. The highest BCUT2D eigenvalue weighted by atomic mass is 17.0. The van der Waals surface area contributed by atoms with Crippen molar-refractivity contribution in [3.05, 3.63) is 30.1 Å². The molecule has 10 heteroatoms. The molecule has 1 aromatic rings. The number of hydroxylamine groups is 2. The summed E-state index contributed by atoms with van der Waals surface area (Å²) in [5, 5.41) is 2.89. The van der Waals surface area contributed by atoms with Gasteiger partial charge in [0, 0.05) is 24.7 Å². The minimum absolute atomic E-state index is 0.00241. The van der Waals surface area contributed by atoms with Crippen molar-refractivity contribution in [2.24, 2.45) is 0 Å². The van der Waals surface area contributed by atoms with Crippen molar-refractivity contribution in [1.29, 1.82) is 0 Å². The number of hydrogen-bond donors (Lipinski definition) is 1. The maximum Gasteiger partial charge on any atom is 0.375 e. The lowest BCUT2D eigenvalue weighted by Gasteiger charge is -2.15. The zero-order chi connectivity index (χ0) is 17.8. The third-order valence-electron chi connectivity index (χ3n) is 3.56. The highest BCUT2D eigenvalue weighted by molar-refractivity contribution is 5.89. The lowest BCUT2D eigenvalue weighted by molar-refractivity contribution is -0.306. The molecule has 0 aliphatic carbocycles. The molecule has 132 valence electrons. The molecule has 2 atom stereocenters. The molecule has 0 aromatic carbocycles. The van der Waals surface area contributed by atoms with E-state index in [0.29, 0.717) is 10.9 Å². The fraction of sp³-hybridized carbons (Fsp3) is 0.400. The Kier molecular flexibility index (Phi) is 4.89. The Labute approximate surface area is 141 Å². The zero-order valence-corrected chi connectivity index (χ0v) is 13.0. The van der Waals surface area contributed by atoms with Gasteiger partial charge in [-0.05, 0) is 17.4 Å². The van der Waals surface area contributed by atoms with Gasteiger partial charge in [-0.1, -0.05) is 6.07 Å². The number of carbonyl (C=O) groups excluding carboxylic acids is 4. The molecule has 2 amide bonds. The average Bonchev–Trinajstić information content (AvgIpc) is 3.16. The van der Waals surface area contributed by atoms with Crippen LogP contribution in [-0.4, -0.2) is 52.7 Å². The van der Waals surface area contributed by atoms with Gasteiger partial charge >= 0.3 is 17.8 Å². The number of pyridine rings is 1. The van der Waals surface area contributed by atoms with Gasteiger partial charge in [0.15, 0.2) is 0 Å². The van der Waals surface area contributed by atoms with E-state index in [1.807, 2.05) is 0 Å². The first-order chi connectivity index (χ1) is 12.0. The van der Waals surface area contributed by atoms with E-state index in [9.17, 15) is 19.2 Å². The van der Waals surface area contributed by atoms with E-state index in [-0.39, 0.29) is 25.9 Å². The van der Waals surface area contributed by atoms with E-state index in [2.05, 4.69) is 10.3 Å². The van der Waals surface area contributed by atoms with E-state index < -0.39 is 35.9 Å². The number of ether oxygens (including phenoxy) is 1. The summed E-state index contributed by atoms with van der Waals surface area (Å²) in [5.41, 5.74) is 0.553. The Morgan fingerprint density at radius 2 is 2.20 bits per heavy atom. The van der Waals surface area contributed by atoms with Crippen LogP contribution in [0.1, 0.15) is 18.5 Å². The topological polar surface area (TPSA) is 124 Å². The number of amides is 2. The first kappa shape index (κ1) is 16.8. The maximum absolute atomic E-state index is 12.1. The van der Waals surface area contributed by atoms with Crippen LogP contribution in [0.4, 0.5) is 0 Å². The summed E-state index contributed by atoms with van der Waals surface area (Å²) in [4.78, 5) is 60.6. The highest BCUT2D eigenvalue weighted by Gasteiger charge is 2.40. The van der Waals surface area contributed by atoms with Gasteiger partial charge < -0.3 is 14.9 Å². The molecule has 2 aliphatic rings. The number of carbonyl (C=O) groups is 4. The van der Waals surface area contributed by atoms with E-state index in [4.69, 9.17) is 14.4 Å². The summed E-state index contributed by atoms with van der Waals surface area (Å²) < 4.78 is 4.74. The average molecular weight is 349 g/mol. The van der Waals surface area contributed by atoms with E-state index >= 15 is 0 Å². The second kappa shape index (κ2) is 7.26. The van der Waals surface area contributed by atoms with Gasteiger partial charge in [-0.3, -0.25) is 19.4 Å². The van der Waals surface area contributed by atoms with Crippen molar-refractivity contribution < 1.29 is 33.6 Å². The Bertz CT molecular complexity index is 694. The smallest absolute Gasteiger partial charge is 0.375 e. The van der Waals surface area contributed by atoms with Crippen LogP contribution in [0.3, 0.4) is 0 Å². The van der Waals surface area contributed by atoms with Crippen LogP contribution in [-0.2, 0) is 40.0 Å². The van der Waals surface area contributed by atoms with Crippen molar-refractivity contribution in [3.8, 4) is 0 Å². The van der Waals surface area contributed by atoms with Crippen LogP contribution in [0.15, 0.2) is 24.4 Å². The predicted molar refractivity (Wildman–Crippen MR) is 77.9 cm³/mol. The fourth-order valence-electron chi connectivity index (χ4n) is 2.32. The third-order valence-corrected chi connectivity index (χ3v) is 3.56. The van der Waals surface area contributed by atoms with Gasteiger partial charge in [0.2, 0.25) is 12.0 Å². The number of esters is 1. The SMILES string of the molecule is O=C(Cc1ccccn1)N[C@H]1CON(OC(=O)C2CCC(=O)O2)C1=O. The summed E-state index contributed by atoms with van der Waals surface area (Å²) in [7, 11) is 0. The molecule has 0 saturated carbocycles. The number of rotatable bonds is 5. The first-order valence-corrected chi connectivity index (χ1v) is 7.60. The van der Waals surface area contributed by atoms with Gasteiger partial charge in [0.05, 0.1) is 6.42 Å². The fourth-order valence-corrected chi connectivity index (χ4v) is 2.32. The molecule has 0 radical (unpaired) electrons. The van der Waals surface area contributed by atoms with Gasteiger partial charge in [0.25, 0.3) is 0 Å². The molecule has 1 aromatic heterocycles. The summed E-state index contributed by atoms with van der Waals surface area (Å²) >= 11 is 0. The van der Waals surface area contributed by atoms with Crippen LogP contribution in [0, 0.1) is 0 Å². The molecule has 2 fully saturated rings. The Balaban J connectivity index is 1.49. The molecule has 1 unspecified atom stereocenters. The Hall–Kier alpha value is -3.01. The standard InChI is InChI=1S/C15H15N3O7/c19-12(7-9-3-1-2-6-16-9)17-10-8-23-18(14(10)21)25-15(22)11-4-5-13(20)24-11/h1-3,6,10-11H,4-5,7-8H2,(H,17,19)/t10-,11?/m0/s1. The van der Waals surface area contributed by atoms with Crippen molar-refractivity contribution in [2.75, 3.05) is 6.61 Å². The molecule has 10 nitrogen and oxygen atoms in total. The van der Waals surface area contributed by atoms with Gasteiger partial charge in [-0.15, -0.1) is 0 Å². The minimum Gasteiger partial charge on any atom is -0.450 e. The van der Waals surface area contributed by atoms with E-state index in [1.165, 1.54) is 0 Å². The molecule has 25 heavy (non-hydrogen) atoms. The number of aromatic nitrogens is 1. The molecule has 2 aliphatic heterocycles. The van der Waals surface area contributed by atoms with Crippen molar-refractivity contribution >= 4 is 23.8 Å². The Morgan fingerprint density at radius 3 is 2.88 bits per heavy atom. The molecule has 1 N–H and O–H groups in total. The van der Waals surface area contributed by atoms with Crippen LogP contribution in [0.2, 0.25) is 0 Å². The lowest BCUT2D eigenvalue weighted by atomic mass is 10.2. The number of cyclic esters (lactones) is 1. The summed E-state index contributed by atoms with van der Waals surface area (Å²) in [6.45, 7) is -0.176. The number of nitrogens with one attached hydrogen (secondary N) is 1. The van der Waals surface area contributed by atoms with E-state index in [1.54, 1.807) is 24.4 Å². The molecular formula is C15H15N3O7. The molecule has 3 rings (SSSR count). The van der Waals surface area contributed by atoms with Gasteiger partial charge in [-0.2, -0.15) is 0 Å². The molecule has 2 saturated heterocycles. The highest BCUT2D eigenvalue weighted by Crippen LogP contribution is 2.17. The number of hydrogen-bond acceptors (Lipinski definition) is 8. The minimum atomic E-state index is -1.05. The van der Waals surface area contributed by atoms with Gasteiger partial charge in [-0.25, -0.2) is 9.63 Å². The van der Waals surface area contributed by atoms with Crippen LogP contribution >= 0.6 is 0 Å². The lowest BCUT2D eigenvalue weighted by Crippen LogP contribution is -2.44. The predicted octanol–water partition coefficient (Wildman–Crippen LogP) is -0.953. The van der Waals surface area contributed by atoms with Gasteiger partial charge in [0.1, 0.15) is 12.6 Å². The third kappa shape index (κ3) is 4.10. The van der Waals surface area contributed by atoms with Crippen LogP contribution in [0.5, 0.6) is 0 Å². The monoisotopic (exact) mass is 349 g/mol. The second-order valence-corrected chi connectivity index (χ2v) is 5.44. The quantitative estimate of drug-likeness (QED) is 0.675. The van der Waals surface area contributed by atoms with Crippen molar-refractivity contribution in [1.82, 2.24) is 15.5 Å². The second-order valence-electron chi connectivity index (χ2n) is 5.44. The molecule has 0 spiro atoms. The molecule has 0 bridgehead atoms. The van der Waals surface area contributed by atoms with Crippen molar-refractivity contribution in [3.63, 3.8) is 0 Å². The van der Waals surface area contributed by atoms with E-state index in [0.717, 1.165) is 0 Å². The summed E-state index contributed by atoms with van der Waals surface area (Å²) in [5.74, 6) is -2.56. The maximum atomic E-state index is 12.1. The van der Waals surface area contributed by atoms with Crippen molar-refractivity contribution in [2.45, 2.75) is 31.4 Å².